The third kappa shape index (κ3) is 4.92. The molecule has 0 atom stereocenters. The molecule has 2 saturated heterocycles. The van der Waals surface area contributed by atoms with Gasteiger partial charge in [-0.05, 0) is 30.9 Å². The molecule has 3 heterocycles. The van der Waals surface area contributed by atoms with E-state index in [9.17, 15) is 4.79 Å². The highest BCUT2D eigenvalue weighted by Gasteiger charge is 2.24. The van der Waals surface area contributed by atoms with Crippen molar-refractivity contribution >= 4 is 28.8 Å². The zero-order valence-electron chi connectivity index (χ0n) is 13.8. The number of likely N-dealkylation sites (tertiary alicyclic amines) is 1. The molecular weight excluding hydrogens is 330 g/mol. The van der Waals surface area contributed by atoms with Gasteiger partial charge in [0.05, 0.1) is 10.9 Å². The van der Waals surface area contributed by atoms with Crippen molar-refractivity contribution in [2.75, 3.05) is 45.8 Å². The lowest BCUT2D eigenvalue weighted by atomic mass is 9.99. The molecular formula is C17H26ClN3OS. The molecule has 0 unspecified atom stereocenters. The largest absolute Gasteiger partial charge is 0.342 e. The third-order valence-electron chi connectivity index (χ3n) is 4.97. The number of carbonyl (C=O) groups is 1. The number of hydrogen-bond acceptors (Lipinski definition) is 4. The number of piperazine rings is 1. The van der Waals surface area contributed by atoms with Gasteiger partial charge in [0.2, 0.25) is 5.91 Å². The second kappa shape index (κ2) is 7.97. The number of thiophene rings is 1. The van der Waals surface area contributed by atoms with Gasteiger partial charge in [-0.15, -0.1) is 11.3 Å². The molecule has 1 aromatic rings. The van der Waals surface area contributed by atoms with Crippen LogP contribution in [0.1, 0.15) is 24.6 Å². The summed E-state index contributed by atoms with van der Waals surface area (Å²) in [5.74, 6) is 1.09. The fourth-order valence-electron chi connectivity index (χ4n) is 3.31. The summed E-state index contributed by atoms with van der Waals surface area (Å²) < 4.78 is 0.861. The van der Waals surface area contributed by atoms with Crippen molar-refractivity contribution in [2.24, 2.45) is 5.92 Å². The summed E-state index contributed by atoms with van der Waals surface area (Å²) in [7, 11) is 0. The summed E-state index contributed by atoms with van der Waals surface area (Å²) in [5, 5.41) is 0. The Balaban J connectivity index is 1.39. The molecule has 1 aromatic heterocycles. The highest BCUT2D eigenvalue weighted by Crippen LogP contribution is 2.23. The Morgan fingerprint density at radius 1 is 1.13 bits per heavy atom. The zero-order chi connectivity index (χ0) is 16.2. The minimum atomic E-state index is 0.315. The maximum Gasteiger partial charge on any atom is 0.236 e. The molecule has 0 aromatic carbocycles. The summed E-state index contributed by atoms with van der Waals surface area (Å²) in [6.07, 6.45) is 2.31. The molecule has 2 fully saturated rings. The van der Waals surface area contributed by atoms with Gasteiger partial charge in [0.1, 0.15) is 0 Å². The Labute approximate surface area is 148 Å². The van der Waals surface area contributed by atoms with Gasteiger partial charge < -0.3 is 4.90 Å². The van der Waals surface area contributed by atoms with E-state index < -0.39 is 0 Å². The molecule has 0 radical (unpaired) electrons. The lowest BCUT2D eigenvalue weighted by molar-refractivity contribution is -0.134. The second-order valence-electron chi connectivity index (χ2n) is 6.82. The normalized spacial score (nSPS) is 21.7. The highest BCUT2D eigenvalue weighted by atomic mass is 35.5. The van der Waals surface area contributed by atoms with Gasteiger partial charge in [-0.25, -0.2) is 0 Å². The van der Waals surface area contributed by atoms with Gasteiger partial charge in [-0.1, -0.05) is 18.5 Å². The van der Waals surface area contributed by atoms with Gasteiger partial charge in [0.15, 0.2) is 0 Å². The molecule has 0 aliphatic carbocycles. The summed E-state index contributed by atoms with van der Waals surface area (Å²) in [6.45, 7) is 9.75. The van der Waals surface area contributed by atoms with E-state index in [0.717, 1.165) is 68.9 Å². The van der Waals surface area contributed by atoms with E-state index in [2.05, 4.69) is 27.7 Å². The fourth-order valence-corrected chi connectivity index (χ4v) is 4.44. The summed E-state index contributed by atoms with van der Waals surface area (Å²) in [5.41, 5.74) is 0. The molecule has 4 nitrogen and oxygen atoms in total. The molecule has 23 heavy (non-hydrogen) atoms. The standard InChI is InChI=1S/C17H26ClN3OS/c1-14-4-6-21(7-5-14)17(22)13-20-10-8-19(9-11-20)12-15-2-3-16(18)23-15/h2-3,14H,4-13H2,1H3. The van der Waals surface area contributed by atoms with Crippen LogP contribution < -0.4 is 0 Å². The highest BCUT2D eigenvalue weighted by molar-refractivity contribution is 7.16. The van der Waals surface area contributed by atoms with Crippen LogP contribution in [0, 0.1) is 5.92 Å². The predicted molar refractivity (Wildman–Crippen MR) is 96.0 cm³/mol. The van der Waals surface area contributed by atoms with Gasteiger partial charge in [0.25, 0.3) is 0 Å². The molecule has 2 aliphatic heterocycles. The number of hydrogen-bond donors (Lipinski definition) is 0. The Hall–Kier alpha value is -0.620. The van der Waals surface area contributed by atoms with Crippen LogP contribution in [0.4, 0.5) is 0 Å². The van der Waals surface area contributed by atoms with Crippen LogP contribution in [0.5, 0.6) is 0 Å². The predicted octanol–water partition coefficient (Wildman–Crippen LogP) is 2.78. The second-order valence-corrected chi connectivity index (χ2v) is 8.62. The minimum absolute atomic E-state index is 0.315. The smallest absolute Gasteiger partial charge is 0.236 e. The first-order valence-corrected chi connectivity index (χ1v) is 9.76. The number of amides is 1. The van der Waals surface area contributed by atoms with Crippen LogP contribution in [-0.4, -0.2) is 66.4 Å². The van der Waals surface area contributed by atoms with Gasteiger partial charge in [-0.3, -0.25) is 14.6 Å². The van der Waals surface area contributed by atoms with Crippen molar-refractivity contribution in [2.45, 2.75) is 26.3 Å². The van der Waals surface area contributed by atoms with Crippen LogP contribution in [0.15, 0.2) is 12.1 Å². The van der Waals surface area contributed by atoms with Crippen LogP contribution in [-0.2, 0) is 11.3 Å². The first-order valence-electron chi connectivity index (χ1n) is 8.57. The number of rotatable bonds is 4. The molecule has 1 amide bonds. The molecule has 3 rings (SSSR count). The Kier molecular flexibility index (Phi) is 5.96. The van der Waals surface area contributed by atoms with Crippen LogP contribution in [0.2, 0.25) is 4.34 Å². The summed E-state index contributed by atoms with van der Waals surface area (Å²) in [4.78, 5) is 20.5. The van der Waals surface area contributed by atoms with Crippen molar-refractivity contribution < 1.29 is 4.79 Å². The van der Waals surface area contributed by atoms with E-state index >= 15 is 0 Å². The Morgan fingerprint density at radius 3 is 2.39 bits per heavy atom. The van der Waals surface area contributed by atoms with Crippen LogP contribution >= 0.6 is 22.9 Å². The van der Waals surface area contributed by atoms with Gasteiger partial charge in [-0.2, -0.15) is 0 Å². The molecule has 6 heteroatoms. The number of nitrogens with zero attached hydrogens (tertiary/aromatic N) is 3. The average molecular weight is 356 g/mol. The molecule has 0 N–H and O–H groups in total. The van der Waals surface area contributed by atoms with E-state index in [0.29, 0.717) is 12.5 Å². The van der Waals surface area contributed by atoms with Crippen LogP contribution in [0.3, 0.4) is 0 Å². The van der Waals surface area contributed by atoms with E-state index in [1.54, 1.807) is 11.3 Å². The lowest BCUT2D eigenvalue weighted by Gasteiger charge is -2.36. The molecule has 2 aliphatic rings. The maximum atomic E-state index is 12.4. The summed E-state index contributed by atoms with van der Waals surface area (Å²) >= 11 is 7.65. The SMILES string of the molecule is CC1CCN(C(=O)CN2CCN(Cc3ccc(Cl)s3)CC2)CC1. The van der Waals surface area contributed by atoms with Crippen molar-refractivity contribution in [3.05, 3.63) is 21.3 Å². The van der Waals surface area contributed by atoms with Crippen molar-refractivity contribution in [3.63, 3.8) is 0 Å². The van der Waals surface area contributed by atoms with E-state index in [-0.39, 0.29) is 0 Å². The van der Waals surface area contributed by atoms with E-state index in [1.807, 2.05) is 6.07 Å². The first kappa shape index (κ1) is 17.2. The molecule has 0 saturated carbocycles. The first-order chi connectivity index (χ1) is 11.1. The minimum Gasteiger partial charge on any atom is -0.342 e. The maximum absolute atomic E-state index is 12.4. The molecule has 128 valence electrons. The topological polar surface area (TPSA) is 26.8 Å². The lowest BCUT2D eigenvalue weighted by Crippen LogP contribution is -2.50. The molecule has 0 bridgehead atoms. The number of piperidine rings is 1. The van der Waals surface area contributed by atoms with Crippen LogP contribution in [0.25, 0.3) is 0 Å². The van der Waals surface area contributed by atoms with E-state index in [4.69, 9.17) is 11.6 Å². The van der Waals surface area contributed by atoms with E-state index in [1.165, 1.54) is 4.88 Å². The zero-order valence-corrected chi connectivity index (χ0v) is 15.4. The van der Waals surface area contributed by atoms with Crippen molar-refractivity contribution in [1.29, 1.82) is 0 Å². The number of halogens is 1. The number of carbonyl (C=O) groups excluding carboxylic acids is 1. The Morgan fingerprint density at radius 2 is 1.78 bits per heavy atom. The Bertz CT molecular complexity index is 520. The third-order valence-corrected chi connectivity index (χ3v) is 6.18. The summed E-state index contributed by atoms with van der Waals surface area (Å²) in [6, 6.07) is 4.08. The van der Waals surface area contributed by atoms with Gasteiger partial charge >= 0.3 is 0 Å². The fraction of sp³-hybridized carbons (Fsp3) is 0.706. The monoisotopic (exact) mass is 355 g/mol. The van der Waals surface area contributed by atoms with Crippen molar-refractivity contribution in [1.82, 2.24) is 14.7 Å². The average Bonchev–Trinajstić information content (AvgIpc) is 2.95. The molecule has 0 spiro atoms. The van der Waals surface area contributed by atoms with Gasteiger partial charge in [0, 0.05) is 50.7 Å². The quantitative estimate of drug-likeness (QED) is 0.831. The van der Waals surface area contributed by atoms with Crippen molar-refractivity contribution in [3.8, 4) is 0 Å².